The highest BCUT2D eigenvalue weighted by molar-refractivity contribution is 14.1. The molecule has 19 heavy (non-hydrogen) atoms. The van der Waals surface area contributed by atoms with Crippen LogP contribution in [0.1, 0.15) is 0 Å². The summed E-state index contributed by atoms with van der Waals surface area (Å²) in [6.45, 7) is 0. The van der Waals surface area contributed by atoms with E-state index >= 15 is 0 Å². The molecule has 0 fully saturated rings. The molecule has 1 amide bonds. The standard InChI is InChI=1S/C9H4F6INO2/c10-8(11,12)7(18)17-6-2-1-4(3-5(6)16)19-9(13,14)15/h1-3H,(H,17,18). The number of hydrogen-bond donors (Lipinski definition) is 1. The van der Waals surface area contributed by atoms with Crippen molar-refractivity contribution in [3.63, 3.8) is 0 Å². The van der Waals surface area contributed by atoms with Crippen LogP contribution in [-0.2, 0) is 4.79 Å². The van der Waals surface area contributed by atoms with Crippen LogP contribution >= 0.6 is 22.6 Å². The molecule has 0 radical (unpaired) electrons. The summed E-state index contributed by atoms with van der Waals surface area (Å²) in [7, 11) is 0. The number of carbonyl (C=O) groups excluding carboxylic acids is 1. The zero-order chi connectivity index (χ0) is 14.8. The molecule has 1 aromatic rings. The Labute approximate surface area is 116 Å². The fraction of sp³-hybridized carbons (Fsp3) is 0.222. The highest BCUT2D eigenvalue weighted by Gasteiger charge is 2.39. The number of carbonyl (C=O) groups is 1. The summed E-state index contributed by atoms with van der Waals surface area (Å²) in [6.07, 6.45) is -9.98. The van der Waals surface area contributed by atoms with Gasteiger partial charge in [-0.3, -0.25) is 4.79 Å². The maximum atomic E-state index is 12.0. The molecular formula is C9H4F6INO2. The van der Waals surface area contributed by atoms with Crippen molar-refractivity contribution in [1.82, 2.24) is 0 Å². The molecule has 0 aliphatic heterocycles. The van der Waals surface area contributed by atoms with Gasteiger partial charge in [0.15, 0.2) is 0 Å². The molecule has 10 heteroatoms. The van der Waals surface area contributed by atoms with Gasteiger partial charge in [0.05, 0.1) is 5.69 Å². The molecule has 0 aliphatic carbocycles. The number of anilines is 1. The Kier molecular flexibility index (Phi) is 4.53. The highest BCUT2D eigenvalue weighted by Crippen LogP contribution is 2.29. The molecule has 0 unspecified atom stereocenters. The van der Waals surface area contributed by atoms with E-state index in [1.807, 2.05) is 0 Å². The van der Waals surface area contributed by atoms with Crippen LogP contribution in [0, 0.1) is 3.57 Å². The Morgan fingerprint density at radius 3 is 2.16 bits per heavy atom. The van der Waals surface area contributed by atoms with Gasteiger partial charge in [-0.05, 0) is 40.8 Å². The lowest BCUT2D eigenvalue weighted by atomic mass is 10.3. The number of benzene rings is 1. The van der Waals surface area contributed by atoms with E-state index in [1.54, 1.807) is 0 Å². The van der Waals surface area contributed by atoms with Crippen molar-refractivity contribution >= 4 is 34.2 Å². The first-order chi connectivity index (χ1) is 8.49. The van der Waals surface area contributed by atoms with Crippen molar-refractivity contribution in [3.8, 4) is 5.75 Å². The minimum atomic E-state index is -5.08. The van der Waals surface area contributed by atoms with Gasteiger partial charge in [0.2, 0.25) is 0 Å². The predicted octanol–water partition coefficient (Wildman–Crippen LogP) is 3.69. The van der Waals surface area contributed by atoms with Gasteiger partial charge in [-0.1, -0.05) is 0 Å². The molecule has 1 N–H and O–H groups in total. The van der Waals surface area contributed by atoms with Crippen LogP contribution in [0.2, 0.25) is 0 Å². The van der Waals surface area contributed by atoms with Gasteiger partial charge in [0.25, 0.3) is 0 Å². The fourth-order valence-electron chi connectivity index (χ4n) is 0.988. The van der Waals surface area contributed by atoms with Gasteiger partial charge in [-0.2, -0.15) is 13.2 Å². The van der Waals surface area contributed by atoms with Crippen molar-refractivity contribution in [2.24, 2.45) is 0 Å². The second-order valence-corrected chi connectivity index (χ2v) is 4.30. The van der Waals surface area contributed by atoms with E-state index in [0.717, 1.165) is 18.2 Å². The third kappa shape index (κ3) is 5.12. The van der Waals surface area contributed by atoms with Crippen LogP contribution in [-0.4, -0.2) is 18.4 Å². The second-order valence-electron chi connectivity index (χ2n) is 3.14. The molecule has 0 spiro atoms. The van der Waals surface area contributed by atoms with Crippen LogP contribution < -0.4 is 10.1 Å². The molecular weight excluding hydrogens is 395 g/mol. The SMILES string of the molecule is O=C(Nc1ccc(OC(F)(F)F)cc1I)C(F)(F)F. The molecule has 1 rings (SSSR count). The van der Waals surface area contributed by atoms with E-state index in [-0.39, 0.29) is 9.26 Å². The Bertz CT molecular complexity index is 485. The van der Waals surface area contributed by atoms with E-state index in [1.165, 1.54) is 27.9 Å². The van der Waals surface area contributed by atoms with Crippen molar-refractivity contribution < 1.29 is 35.9 Å². The monoisotopic (exact) mass is 399 g/mol. The first-order valence-corrected chi connectivity index (χ1v) is 5.50. The van der Waals surface area contributed by atoms with E-state index in [0.29, 0.717) is 0 Å². The van der Waals surface area contributed by atoms with Gasteiger partial charge < -0.3 is 10.1 Å². The molecule has 106 valence electrons. The largest absolute Gasteiger partial charge is 0.573 e. The topological polar surface area (TPSA) is 38.3 Å². The van der Waals surface area contributed by atoms with E-state index in [9.17, 15) is 31.1 Å². The summed E-state index contributed by atoms with van der Waals surface area (Å²) in [5.41, 5.74) is -0.266. The number of amides is 1. The maximum absolute atomic E-state index is 12.0. The molecule has 0 saturated heterocycles. The predicted molar refractivity (Wildman–Crippen MR) is 60.5 cm³/mol. The van der Waals surface area contributed by atoms with Crippen LogP contribution in [0.25, 0.3) is 0 Å². The number of hydrogen-bond acceptors (Lipinski definition) is 2. The van der Waals surface area contributed by atoms with E-state index in [4.69, 9.17) is 0 Å². The van der Waals surface area contributed by atoms with Crippen LogP contribution in [0.4, 0.5) is 32.0 Å². The van der Waals surface area contributed by atoms with E-state index in [2.05, 4.69) is 4.74 Å². The molecule has 0 heterocycles. The van der Waals surface area contributed by atoms with Crippen LogP contribution in [0.15, 0.2) is 18.2 Å². The fourth-order valence-corrected chi connectivity index (χ4v) is 1.61. The first kappa shape index (κ1) is 15.9. The van der Waals surface area contributed by atoms with Gasteiger partial charge in [-0.15, -0.1) is 13.2 Å². The summed E-state index contributed by atoms with van der Waals surface area (Å²) < 4.78 is 75.2. The lowest BCUT2D eigenvalue weighted by Gasteiger charge is -2.12. The molecule has 0 aliphatic rings. The van der Waals surface area contributed by atoms with Crippen molar-refractivity contribution in [1.29, 1.82) is 0 Å². The van der Waals surface area contributed by atoms with Crippen LogP contribution in [0.3, 0.4) is 0 Å². The third-order valence-electron chi connectivity index (χ3n) is 1.68. The maximum Gasteiger partial charge on any atom is 0.573 e. The third-order valence-corrected chi connectivity index (χ3v) is 2.57. The lowest BCUT2D eigenvalue weighted by molar-refractivity contribution is -0.274. The number of halogens is 7. The molecule has 3 nitrogen and oxygen atoms in total. The van der Waals surface area contributed by atoms with Crippen molar-refractivity contribution in [2.45, 2.75) is 12.5 Å². The summed E-state index contributed by atoms with van der Waals surface area (Å²) >= 11 is 1.47. The number of rotatable bonds is 2. The Hall–Kier alpha value is -1.20. The summed E-state index contributed by atoms with van der Waals surface area (Å²) in [4.78, 5) is 10.6. The molecule has 0 atom stereocenters. The zero-order valence-corrected chi connectivity index (χ0v) is 10.9. The second kappa shape index (κ2) is 5.43. The minimum Gasteiger partial charge on any atom is -0.406 e. The Morgan fingerprint density at radius 1 is 1.16 bits per heavy atom. The van der Waals surface area contributed by atoms with Crippen LogP contribution in [0.5, 0.6) is 5.75 Å². The average molecular weight is 399 g/mol. The first-order valence-electron chi connectivity index (χ1n) is 4.42. The molecule has 1 aromatic carbocycles. The Balaban J connectivity index is 2.87. The highest BCUT2D eigenvalue weighted by atomic mass is 127. The number of ether oxygens (including phenoxy) is 1. The molecule has 0 saturated carbocycles. The summed E-state index contributed by atoms with van der Waals surface area (Å²) in [6, 6.07) is 2.52. The minimum absolute atomic E-state index is 0.0306. The van der Waals surface area contributed by atoms with Crippen molar-refractivity contribution in [2.75, 3.05) is 5.32 Å². The normalized spacial score (nSPS) is 12.2. The van der Waals surface area contributed by atoms with Crippen molar-refractivity contribution in [3.05, 3.63) is 21.8 Å². The summed E-state index contributed by atoms with van der Waals surface area (Å²) in [5, 5.41) is 1.53. The average Bonchev–Trinajstić information content (AvgIpc) is 2.18. The van der Waals surface area contributed by atoms with Gasteiger partial charge in [0, 0.05) is 3.57 Å². The molecule has 0 bridgehead atoms. The lowest BCUT2D eigenvalue weighted by Crippen LogP contribution is -2.30. The number of nitrogens with one attached hydrogen (secondary N) is 1. The smallest absolute Gasteiger partial charge is 0.406 e. The van der Waals surface area contributed by atoms with E-state index < -0.39 is 24.2 Å². The van der Waals surface area contributed by atoms with Gasteiger partial charge in [0.1, 0.15) is 5.75 Å². The number of alkyl halides is 6. The zero-order valence-electron chi connectivity index (χ0n) is 8.69. The summed E-state index contributed by atoms with van der Waals surface area (Å²) in [5.74, 6) is -2.81. The Morgan fingerprint density at radius 2 is 1.74 bits per heavy atom. The van der Waals surface area contributed by atoms with Gasteiger partial charge in [-0.25, -0.2) is 0 Å². The molecule has 0 aromatic heterocycles. The quantitative estimate of drug-likeness (QED) is 0.609. The van der Waals surface area contributed by atoms with Gasteiger partial charge >= 0.3 is 18.4 Å².